The molecule has 1 saturated carbocycles. The molecule has 4 heteroatoms. The third-order valence-corrected chi connectivity index (χ3v) is 3.89. The highest BCUT2D eigenvalue weighted by atomic mass is 16.7. The van der Waals surface area contributed by atoms with Crippen LogP contribution in [0.4, 0.5) is 0 Å². The number of aldehydes is 1. The van der Waals surface area contributed by atoms with E-state index < -0.39 is 0 Å². The molecule has 3 rings (SSSR count). The molecule has 0 radical (unpaired) electrons. The van der Waals surface area contributed by atoms with Crippen LogP contribution in [0.2, 0.25) is 0 Å². The Morgan fingerprint density at radius 3 is 2.53 bits per heavy atom. The lowest BCUT2D eigenvalue weighted by molar-refractivity contribution is 0.110. The minimum Gasteiger partial charge on any atom is -0.490 e. The summed E-state index contributed by atoms with van der Waals surface area (Å²) in [5.41, 5.74) is 0.530. The molecule has 0 N–H and O–H groups in total. The van der Waals surface area contributed by atoms with Gasteiger partial charge in [-0.2, -0.15) is 0 Å². The van der Waals surface area contributed by atoms with Gasteiger partial charge in [0.25, 0.3) is 0 Å². The fourth-order valence-electron chi connectivity index (χ4n) is 2.66. The summed E-state index contributed by atoms with van der Waals surface area (Å²) in [7, 11) is 0. The second-order valence-corrected chi connectivity index (χ2v) is 5.36. The van der Waals surface area contributed by atoms with Crippen molar-refractivity contribution in [1.82, 2.24) is 0 Å². The lowest BCUT2D eigenvalue weighted by Gasteiger charge is -2.27. The Morgan fingerprint density at radius 1 is 1.16 bits per heavy atom. The van der Waals surface area contributed by atoms with Gasteiger partial charge in [0.15, 0.2) is 17.8 Å². The number of ether oxygens (including phenoxy) is 3. The highest BCUT2D eigenvalue weighted by Gasteiger charge is 2.23. The molecule has 102 valence electrons. The van der Waals surface area contributed by atoms with Gasteiger partial charge < -0.3 is 14.2 Å². The molecule has 4 nitrogen and oxygen atoms in total. The molecule has 19 heavy (non-hydrogen) atoms. The average Bonchev–Trinajstić information content (AvgIpc) is 2.87. The van der Waals surface area contributed by atoms with E-state index in [0.29, 0.717) is 22.8 Å². The van der Waals surface area contributed by atoms with Crippen LogP contribution in [0.3, 0.4) is 0 Å². The third-order valence-electron chi connectivity index (χ3n) is 3.89. The van der Waals surface area contributed by atoms with Gasteiger partial charge in [0.2, 0.25) is 6.79 Å². The van der Waals surface area contributed by atoms with E-state index in [1.807, 2.05) is 0 Å². The van der Waals surface area contributed by atoms with Crippen LogP contribution in [0.5, 0.6) is 17.2 Å². The van der Waals surface area contributed by atoms with Crippen molar-refractivity contribution in [2.45, 2.75) is 38.7 Å². The lowest BCUT2D eigenvalue weighted by Crippen LogP contribution is -2.23. The highest BCUT2D eigenvalue weighted by Crippen LogP contribution is 2.38. The Bertz CT molecular complexity index is 475. The van der Waals surface area contributed by atoms with Crippen LogP contribution in [0.1, 0.15) is 43.0 Å². The maximum absolute atomic E-state index is 11.1. The van der Waals surface area contributed by atoms with E-state index in [2.05, 4.69) is 6.92 Å². The first-order valence-corrected chi connectivity index (χ1v) is 6.81. The first kappa shape index (κ1) is 12.3. The topological polar surface area (TPSA) is 44.8 Å². The molecule has 1 aliphatic carbocycles. The first-order valence-electron chi connectivity index (χ1n) is 6.81. The van der Waals surface area contributed by atoms with Crippen LogP contribution in [0.25, 0.3) is 0 Å². The van der Waals surface area contributed by atoms with Gasteiger partial charge in [-0.3, -0.25) is 4.79 Å². The second kappa shape index (κ2) is 5.11. The largest absolute Gasteiger partial charge is 0.490 e. The standard InChI is InChI=1S/C15H18O4/c1-10-2-4-12(5-3-10)19-13-7-15-14(17-9-18-15)6-11(13)8-16/h6-8,10,12H,2-5,9H2,1H3. The van der Waals surface area contributed by atoms with Crippen LogP contribution in [-0.2, 0) is 0 Å². The van der Waals surface area contributed by atoms with Gasteiger partial charge in [-0.1, -0.05) is 6.92 Å². The normalized spacial score (nSPS) is 25.1. The van der Waals surface area contributed by atoms with Crippen molar-refractivity contribution in [2.24, 2.45) is 5.92 Å². The monoisotopic (exact) mass is 262 g/mol. The van der Waals surface area contributed by atoms with Crippen molar-refractivity contribution in [1.29, 1.82) is 0 Å². The molecule has 0 spiro atoms. The van der Waals surface area contributed by atoms with E-state index in [1.165, 1.54) is 12.8 Å². The minimum atomic E-state index is 0.204. The minimum absolute atomic E-state index is 0.204. The summed E-state index contributed by atoms with van der Waals surface area (Å²) >= 11 is 0. The van der Waals surface area contributed by atoms with E-state index in [9.17, 15) is 4.79 Å². The highest BCUT2D eigenvalue weighted by molar-refractivity contribution is 5.81. The quantitative estimate of drug-likeness (QED) is 0.785. The van der Waals surface area contributed by atoms with Crippen molar-refractivity contribution in [3.05, 3.63) is 17.7 Å². The van der Waals surface area contributed by atoms with E-state index >= 15 is 0 Å². The Kier molecular flexibility index (Phi) is 3.32. The molecule has 1 aromatic carbocycles. The van der Waals surface area contributed by atoms with Crippen LogP contribution in [0.15, 0.2) is 12.1 Å². The Balaban J connectivity index is 1.78. The van der Waals surface area contributed by atoms with E-state index in [1.54, 1.807) is 12.1 Å². The smallest absolute Gasteiger partial charge is 0.231 e. The first-order chi connectivity index (χ1) is 9.26. The van der Waals surface area contributed by atoms with Gasteiger partial charge in [0, 0.05) is 6.07 Å². The van der Waals surface area contributed by atoms with Crippen LogP contribution in [-0.4, -0.2) is 19.2 Å². The Morgan fingerprint density at radius 2 is 1.84 bits per heavy atom. The number of benzene rings is 1. The summed E-state index contributed by atoms with van der Waals surface area (Å²) in [4.78, 5) is 11.1. The third kappa shape index (κ3) is 2.53. The summed E-state index contributed by atoms with van der Waals surface area (Å²) in [5, 5.41) is 0. The fourth-order valence-corrected chi connectivity index (χ4v) is 2.66. The number of rotatable bonds is 3. The maximum atomic E-state index is 11.1. The van der Waals surface area contributed by atoms with E-state index in [4.69, 9.17) is 14.2 Å². The van der Waals surface area contributed by atoms with Gasteiger partial charge in [0.05, 0.1) is 11.7 Å². The number of hydrogen-bond acceptors (Lipinski definition) is 4. The SMILES string of the molecule is CC1CCC(Oc2cc3c(cc2C=O)OCO3)CC1. The molecule has 0 atom stereocenters. The second-order valence-electron chi connectivity index (χ2n) is 5.36. The Hall–Kier alpha value is -1.71. The molecule has 1 aliphatic heterocycles. The number of carbonyl (C=O) groups is 1. The van der Waals surface area contributed by atoms with Crippen molar-refractivity contribution < 1.29 is 19.0 Å². The summed E-state index contributed by atoms with van der Waals surface area (Å²) in [6.07, 6.45) is 5.48. The molecule has 1 aromatic rings. The van der Waals surface area contributed by atoms with Crippen LogP contribution < -0.4 is 14.2 Å². The van der Waals surface area contributed by atoms with Gasteiger partial charge in [0.1, 0.15) is 5.75 Å². The van der Waals surface area contributed by atoms with Gasteiger partial charge in [-0.05, 0) is 37.7 Å². The zero-order chi connectivity index (χ0) is 13.2. The Labute approximate surface area is 112 Å². The molecule has 1 heterocycles. The lowest BCUT2D eigenvalue weighted by atomic mass is 9.89. The molecule has 2 aliphatic rings. The fraction of sp³-hybridized carbons (Fsp3) is 0.533. The molecule has 0 aromatic heterocycles. The van der Waals surface area contributed by atoms with Gasteiger partial charge in [-0.25, -0.2) is 0 Å². The van der Waals surface area contributed by atoms with Gasteiger partial charge in [-0.15, -0.1) is 0 Å². The summed E-state index contributed by atoms with van der Waals surface area (Å²) in [6, 6.07) is 3.46. The van der Waals surface area contributed by atoms with Gasteiger partial charge >= 0.3 is 0 Å². The number of fused-ring (bicyclic) bond motifs is 1. The zero-order valence-corrected chi connectivity index (χ0v) is 11.1. The van der Waals surface area contributed by atoms with Crippen LogP contribution in [0, 0.1) is 5.92 Å². The molecule has 0 amide bonds. The summed E-state index contributed by atoms with van der Waals surface area (Å²) in [5.74, 6) is 2.66. The predicted molar refractivity (Wildman–Crippen MR) is 70.0 cm³/mol. The molecule has 0 saturated heterocycles. The molecular formula is C15H18O4. The predicted octanol–water partition coefficient (Wildman–Crippen LogP) is 3.19. The van der Waals surface area contributed by atoms with Crippen LogP contribution >= 0.6 is 0 Å². The maximum Gasteiger partial charge on any atom is 0.231 e. The van der Waals surface area contributed by atoms with Crippen molar-refractivity contribution in [2.75, 3.05) is 6.79 Å². The van der Waals surface area contributed by atoms with E-state index in [-0.39, 0.29) is 12.9 Å². The van der Waals surface area contributed by atoms with Crippen molar-refractivity contribution >= 4 is 6.29 Å². The van der Waals surface area contributed by atoms with E-state index in [0.717, 1.165) is 25.0 Å². The number of carbonyl (C=O) groups excluding carboxylic acids is 1. The zero-order valence-electron chi connectivity index (χ0n) is 11.1. The molecule has 0 bridgehead atoms. The molecule has 0 unspecified atom stereocenters. The number of hydrogen-bond donors (Lipinski definition) is 0. The summed E-state index contributed by atoms with van der Waals surface area (Å²) in [6.45, 7) is 2.48. The average molecular weight is 262 g/mol. The molecule has 1 fully saturated rings. The molecular weight excluding hydrogens is 244 g/mol. The van der Waals surface area contributed by atoms with Crippen molar-refractivity contribution in [3.63, 3.8) is 0 Å². The summed E-state index contributed by atoms with van der Waals surface area (Å²) < 4.78 is 16.6. The van der Waals surface area contributed by atoms with Crippen molar-refractivity contribution in [3.8, 4) is 17.2 Å².